The van der Waals surface area contributed by atoms with E-state index in [1.807, 2.05) is 24.3 Å². The molecule has 2 heterocycles. The van der Waals surface area contributed by atoms with E-state index in [0.29, 0.717) is 11.6 Å². The number of carbonyl (C=O) groups is 1. The number of aryl methyl sites for hydroxylation is 1. The highest BCUT2D eigenvalue weighted by molar-refractivity contribution is 5.92. The van der Waals surface area contributed by atoms with E-state index < -0.39 is 0 Å². The smallest absolute Gasteiger partial charge is 0.248 e. The predicted molar refractivity (Wildman–Crippen MR) is 92.8 cm³/mol. The molecule has 2 N–H and O–H groups in total. The van der Waals surface area contributed by atoms with E-state index in [1.54, 1.807) is 0 Å². The number of amides is 1. The van der Waals surface area contributed by atoms with Crippen LogP contribution < -0.4 is 5.73 Å². The first-order valence-electron chi connectivity index (χ1n) is 8.86. The minimum Gasteiger partial charge on any atom is -0.366 e. The minimum absolute atomic E-state index is 0.368. The van der Waals surface area contributed by atoms with Crippen LogP contribution >= 0.6 is 0 Å². The fourth-order valence-electron chi connectivity index (χ4n) is 4.02. The monoisotopic (exact) mass is 324 g/mol. The second kappa shape index (κ2) is 6.40. The van der Waals surface area contributed by atoms with Gasteiger partial charge >= 0.3 is 0 Å². The maximum atomic E-state index is 11.2. The average molecular weight is 324 g/mol. The number of fused-ring (bicyclic) bond motifs is 1. The number of nitrogens with zero attached hydrogens (tertiary/aromatic N) is 3. The summed E-state index contributed by atoms with van der Waals surface area (Å²) in [6, 6.07) is 8.19. The SMILES string of the molecule is NC(=O)c1ccc(CN2CCC(n3cnc4c3CCCC4)C2)cc1. The molecule has 1 aromatic heterocycles. The Bertz CT molecular complexity index is 734. The van der Waals surface area contributed by atoms with Gasteiger partial charge in [0.15, 0.2) is 0 Å². The van der Waals surface area contributed by atoms with Crippen molar-refractivity contribution in [2.45, 2.75) is 44.7 Å². The number of imidazole rings is 1. The molecule has 5 heteroatoms. The van der Waals surface area contributed by atoms with Crippen LogP contribution in [0.5, 0.6) is 0 Å². The molecule has 1 amide bonds. The largest absolute Gasteiger partial charge is 0.366 e. The second-order valence-corrected chi connectivity index (χ2v) is 6.99. The third kappa shape index (κ3) is 2.96. The first kappa shape index (κ1) is 15.4. The molecular formula is C19H24N4O. The second-order valence-electron chi connectivity index (χ2n) is 6.99. The lowest BCUT2D eigenvalue weighted by atomic mass is 10.0. The van der Waals surface area contributed by atoms with Crippen molar-refractivity contribution in [3.63, 3.8) is 0 Å². The van der Waals surface area contributed by atoms with Crippen LogP contribution in [0.25, 0.3) is 0 Å². The van der Waals surface area contributed by atoms with E-state index in [-0.39, 0.29) is 5.91 Å². The fourth-order valence-corrected chi connectivity index (χ4v) is 4.02. The Hall–Kier alpha value is -2.14. The maximum Gasteiger partial charge on any atom is 0.248 e. The third-order valence-corrected chi connectivity index (χ3v) is 5.35. The number of hydrogen-bond acceptors (Lipinski definition) is 3. The Morgan fingerprint density at radius 1 is 1.21 bits per heavy atom. The molecule has 0 bridgehead atoms. The molecule has 1 unspecified atom stereocenters. The number of benzene rings is 1. The Labute approximate surface area is 142 Å². The molecule has 1 aliphatic heterocycles. The highest BCUT2D eigenvalue weighted by Gasteiger charge is 2.27. The molecule has 5 nitrogen and oxygen atoms in total. The van der Waals surface area contributed by atoms with E-state index in [0.717, 1.165) is 26.1 Å². The standard InChI is InChI=1S/C19H24N4O/c20-19(24)15-7-5-14(6-8-15)11-22-10-9-16(12-22)23-13-21-17-3-1-2-4-18(17)23/h5-8,13,16H,1-4,9-12H2,(H2,20,24). The number of nitrogens with two attached hydrogens (primary N) is 1. The summed E-state index contributed by atoms with van der Waals surface area (Å²) in [5.74, 6) is -0.368. The molecule has 126 valence electrons. The topological polar surface area (TPSA) is 64.2 Å². The van der Waals surface area contributed by atoms with Gasteiger partial charge in [0.2, 0.25) is 5.91 Å². The van der Waals surface area contributed by atoms with Gasteiger partial charge in [-0.2, -0.15) is 0 Å². The molecule has 24 heavy (non-hydrogen) atoms. The molecule has 0 saturated carbocycles. The maximum absolute atomic E-state index is 11.2. The summed E-state index contributed by atoms with van der Waals surface area (Å²) in [4.78, 5) is 18.3. The van der Waals surface area contributed by atoms with Crippen LogP contribution in [0.4, 0.5) is 0 Å². The molecule has 1 atom stereocenters. The van der Waals surface area contributed by atoms with Crippen molar-refractivity contribution in [3.05, 3.63) is 53.1 Å². The van der Waals surface area contributed by atoms with Crippen LogP contribution in [-0.2, 0) is 19.4 Å². The predicted octanol–water partition coefficient (Wildman–Crippen LogP) is 2.31. The van der Waals surface area contributed by atoms with Gasteiger partial charge in [0.25, 0.3) is 0 Å². The summed E-state index contributed by atoms with van der Waals surface area (Å²) in [5.41, 5.74) is 9.89. The van der Waals surface area contributed by atoms with Crippen LogP contribution in [-0.4, -0.2) is 33.4 Å². The Balaban J connectivity index is 1.41. The number of rotatable bonds is 4. The molecule has 1 fully saturated rings. The zero-order valence-corrected chi connectivity index (χ0v) is 13.9. The lowest BCUT2D eigenvalue weighted by Crippen LogP contribution is -2.22. The number of primary amides is 1. The van der Waals surface area contributed by atoms with Crippen molar-refractivity contribution in [1.29, 1.82) is 0 Å². The zero-order valence-electron chi connectivity index (χ0n) is 13.9. The van der Waals surface area contributed by atoms with E-state index >= 15 is 0 Å². The van der Waals surface area contributed by atoms with E-state index in [4.69, 9.17) is 5.73 Å². The zero-order chi connectivity index (χ0) is 16.5. The summed E-state index contributed by atoms with van der Waals surface area (Å²) in [7, 11) is 0. The highest BCUT2D eigenvalue weighted by atomic mass is 16.1. The van der Waals surface area contributed by atoms with E-state index in [9.17, 15) is 4.79 Å². The van der Waals surface area contributed by atoms with Gasteiger partial charge in [-0.25, -0.2) is 4.98 Å². The van der Waals surface area contributed by atoms with E-state index in [2.05, 4.69) is 20.8 Å². The van der Waals surface area contributed by atoms with Crippen molar-refractivity contribution in [2.75, 3.05) is 13.1 Å². The Morgan fingerprint density at radius 2 is 2.00 bits per heavy atom. The number of likely N-dealkylation sites (tertiary alicyclic amines) is 1. The summed E-state index contributed by atoms with van der Waals surface area (Å²) in [6.45, 7) is 3.10. The van der Waals surface area contributed by atoms with Gasteiger partial charge in [-0.1, -0.05) is 12.1 Å². The van der Waals surface area contributed by atoms with Crippen molar-refractivity contribution >= 4 is 5.91 Å². The van der Waals surface area contributed by atoms with E-state index in [1.165, 1.54) is 42.6 Å². The van der Waals surface area contributed by atoms with Crippen molar-refractivity contribution < 1.29 is 4.79 Å². The first-order valence-corrected chi connectivity index (χ1v) is 8.86. The first-order chi connectivity index (χ1) is 11.7. The van der Waals surface area contributed by atoms with Gasteiger partial charge in [-0.05, 0) is 49.8 Å². The van der Waals surface area contributed by atoms with Gasteiger partial charge in [-0.3, -0.25) is 9.69 Å². The van der Waals surface area contributed by atoms with Crippen LogP contribution in [0, 0.1) is 0 Å². The lowest BCUT2D eigenvalue weighted by Gasteiger charge is -2.20. The molecule has 0 spiro atoms. The van der Waals surface area contributed by atoms with Crippen LogP contribution in [0.15, 0.2) is 30.6 Å². The summed E-state index contributed by atoms with van der Waals surface area (Å²) >= 11 is 0. The number of hydrogen-bond donors (Lipinski definition) is 1. The van der Waals surface area contributed by atoms with Crippen LogP contribution in [0.2, 0.25) is 0 Å². The molecule has 2 aliphatic rings. The van der Waals surface area contributed by atoms with Gasteiger partial charge < -0.3 is 10.3 Å². The minimum atomic E-state index is -0.368. The summed E-state index contributed by atoms with van der Waals surface area (Å²) < 4.78 is 2.44. The average Bonchev–Trinajstić information content (AvgIpc) is 3.22. The molecule has 1 aliphatic carbocycles. The van der Waals surface area contributed by atoms with Crippen molar-refractivity contribution in [3.8, 4) is 0 Å². The number of carbonyl (C=O) groups excluding carboxylic acids is 1. The van der Waals surface area contributed by atoms with Crippen molar-refractivity contribution in [1.82, 2.24) is 14.5 Å². The van der Waals surface area contributed by atoms with Crippen molar-refractivity contribution in [2.24, 2.45) is 5.73 Å². The van der Waals surface area contributed by atoms with Crippen LogP contribution in [0.3, 0.4) is 0 Å². The quantitative estimate of drug-likeness (QED) is 0.938. The van der Waals surface area contributed by atoms with Gasteiger partial charge in [0.05, 0.1) is 12.0 Å². The molecule has 4 rings (SSSR count). The highest BCUT2D eigenvalue weighted by Crippen LogP contribution is 2.28. The molecule has 1 aromatic carbocycles. The third-order valence-electron chi connectivity index (χ3n) is 5.35. The fraction of sp³-hybridized carbons (Fsp3) is 0.474. The Kier molecular flexibility index (Phi) is 4.10. The molecule has 2 aromatic rings. The van der Waals surface area contributed by atoms with Gasteiger partial charge in [0.1, 0.15) is 0 Å². The lowest BCUT2D eigenvalue weighted by molar-refractivity contribution is 0.100. The molecule has 1 saturated heterocycles. The summed E-state index contributed by atoms with van der Waals surface area (Å²) in [5, 5.41) is 0. The van der Waals surface area contributed by atoms with Gasteiger partial charge in [0, 0.05) is 36.9 Å². The Morgan fingerprint density at radius 3 is 2.79 bits per heavy atom. The normalized spacial score (nSPS) is 20.9. The summed E-state index contributed by atoms with van der Waals surface area (Å²) in [6.07, 6.45) is 8.14. The molecule has 0 radical (unpaired) electrons. The van der Waals surface area contributed by atoms with Gasteiger partial charge in [-0.15, -0.1) is 0 Å². The van der Waals surface area contributed by atoms with Crippen LogP contribution in [0.1, 0.15) is 52.6 Å². The molecular weight excluding hydrogens is 300 g/mol. The number of aromatic nitrogens is 2.